The predicted molar refractivity (Wildman–Crippen MR) is 134 cm³/mol. The van der Waals surface area contributed by atoms with Crippen LogP contribution in [0.5, 0.6) is 0 Å². The van der Waals surface area contributed by atoms with Gasteiger partial charge in [-0.15, -0.1) is 0 Å². The lowest BCUT2D eigenvalue weighted by atomic mass is 9.94. The molecule has 0 unspecified atom stereocenters. The first-order valence-corrected chi connectivity index (χ1v) is 12.5. The lowest BCUT2D eigenvalue weighted by Gasteiger charge is -2.33. The van der Waals surface area contributed by atoms with Crippen LogP contribution in [0, 0.1) is 22.7 Å². The Morgan fingerprint density at radius 2 is 1.86 bits per heavy atom. The maximum absolute atomic E-state index is 12.6. The van der Waals surface area contributed by atoms with Crippen LogP contribution in [0.25, 0.3) is 10.9 Å². The quantitative estimate of drug-likeness (QED) is 0.576. The number of rotatable bonds is 5. The topological polar surface area (TPSA) is 127 Å². The number of aromatic nitrogens is 5. The van der Waals surface area contributed by atoms with Crippen molar-refractivity contribution in [1.29, 1.82) is 5.26 Å². The highest BCUT2D eigenvalue weighted by Gasteiger charge is 2.44. The summed E-state index contributed by atoms with van der Waals surface area (Å²) in [6, 6.07) is 6.29. The van der Waals surface area contributed by atoms with Gasteiger partial charge >= 0.3 is 0 Å². The Bertz CT molecular complexity index is 1310. The number of nitrogens with one attached hydrogen (secondary N) is 2. The normalized spacial score (nSPS) is 19.6. The number of hydrogen-bond acceptors (Lipinski definition) is 9. The highest BCUT2D eigenvalue weighted by molar-refractivity contribution is 5.90. The average Bonchev–Trinajstić information content (AvgIpc) is 3.64. The Morgan fingerprint density at radius 1 is 1.06 bits per heavy atom. The van der Waals surface area contributed by atoms with Gasteiger partial charge in [-0.2, -0.15) is 15.3 Å². The van der Waals surface area contributed by atoms with Crippen molar-refractivity contribution in [3.8, 4) is 6.07 Å². The molecule has 3 aromatic rings. The number of aromatic amines is 1. The highest BCUT2D eigenvalue weighted by atomic mass is 16.1. The molecule has 0 aromatic carbocycles. The molecular weight excluding hydrogens is 442 g/mol. The third-order valence-corrected chi connectivity index (χ3v) is 7.90. The monoisotopic (exact) mass is 471 g/mol. The zero-order valence-electron chi connectivity index (χ0n) is 19.7. The smallest absolute Gasteiger partial charge is 0.277 e. The van der Waals surface area contributed by atoms with Gasteiger partial charge in [0.25, 0.3) is 5.56 Å². The first kappa shape index (κ1) is 21.8. The number of pyridine rings is 1. The highest BCUT2D eigenvalue weighted by Crippen LogP contribution is 2.53. The minimum absolute atomic E-state index is 0.337. The molecule has 10 heteroatoms. The molecule has 1 aliphatic carbocycles. The van der Waals surface area contributed by atoms with Gasteiger partial charge in [0.2, 0.25) is 5.95 Å². The summed E-state index contributed by atoms with van der Waals surface area (Å²) in [7, 11) is 0. The molecule has 3 aromatic heterocycles. The van der Waals surface area contributed by atoms with Crippen molar-refractivity contribution in [3.63, 3.8) is 0 Å². The van der Waals surface area contributed by atoms with Gasteiger partial charge in [-0.25, -0.2) is 15.1 Å². The molecular formula is C25H29N9O. The predicted octanol–water partition coefficient (Wildman–Crippen LogP) is 3.36. The van der Waals surface area contributed by atoms with Crippen molar-refractivity contribution >= 4 is 34.2 Å². The first-order valence-electron chi connectivity index (χ1n) is 12.5. The van der Waals surface area contributed by atoms with Crippen LogP contribution in [0.15, 0.2) is 29.3 Å². The minimum Gasteiger partial charge on any atom is -0.357 e. The molecule has 1 saturated carbocycles. The Labute approximate surface area is 203 Å². The summed E-state index contributed by atoms with van der Waals surface area (Å²) in [6.07, 6.45) is 11.1. The fourth-order valence-electron chi connectivity index (χ4n) is 5.36. The van der Waals surface area contributed by atoms with Crippen molar-refractivity contribution in [2.75, 3.05) is 41.3 Å². The molecule has 5 heterocycles. The van der Waals surface area contributed by atoms with Crippen molar-refractivity contribution in [3.05, 3.63) is 34.9 Å². The van der Waals surface area contributed by atoms with E-state index in [2.05, 4.69) is 36.4 Å². The number of H-pyrrole nitrogens is 1. The minimum atomic E-state index is -0.337. The van der Waals surface area contributed by atoms with Crippen LogP contribution in [0.1, 0.15) is 44.9 Å². The van der Waals surface area contributed by atoms with Gasteiger partial charge in [-0.05, 0) is 62.0 Å². The van der Waals surface area contributed by atoms with Crippen LogP contribution in [-0.2, 0) is 0 Å². The molecule has 0 atom stereocenters. The SMILES string of the molecule is N#CCC1CCN(c2nc(Nc3ccc(N4CCC5(CC4)CC5)nc3)c3c(=O)[nH]ncc3n2)CC1. The Morgan fingerprint density at radius 3 is 2.54 bits per heavy atom. The molecule has 10 nitrogen and oxygen atoms in total. The van der Waals surface area contributed by atoms with Crippen molar-refractivity contribution < 1.29 is 0 Å². The van der Waals surface area contributed by atoms with E-state index in [1.165, 1.54) is 25.7 Å². The second kappa shape index (κ2) is 8.80. The summed E-state index contributed by atoms with van der Waals surface area (Å²) in [6.45, 7) is 3.68. The second-order valence-electron chi connectivity index (χ2n) is 10.1. The van der Waals surface area contributed by atoms with Crippen molar-refractivity contribution in [2.45, 2.75) is 44.9 Å². The summed E-state index contributed by atoms with van der Waals surface area (Å²) >= 11 is 0. The van der Waals surface area contributed by atoms with Gasteiger partial charge in [0.1, 0.15) is 22.5 Å². The molecule has 3 fully saturated rings. The molecule has 2 N–H and O–H groups in total. The van der Waals surface area contributed by atoms with Gasteiger partial charge in [-0.1, -0.05) is 0 Å². The van der Waals surface area contributed by atoms with Crippen LogP contribution in [0.3, 0.4) is 0 Å². The van der Waals surface area contributed by atoms with E-state index >= 15 is 0 Å². The molecule has 1 spiro atoms. The summed E-state index contributed by atoms with van der Waals surface area (Å²) in [5.74, 6) is 2.41. The van der Waals surface area contributed by atoms with Gasteiger partial charge in [0.05, 0.1) is 24.2 Å². The average molecular weight is 472 g/mol. The number of fused-ring (bicyclic) bond motifs is 1. The van der Waals surface area contributed by atoms with E-state index < -0.39 is 0 Å². The maximum atomic E-state index is 12.6. The third-order valence-electron chi connectivity index (χ3n) is 7.90. The van der Waals surface area contributed by atoms with E-state index in [-0.39, 0.29) is 5.56 Å². The maximum Gasteiger partial charge on any atom is 0.277 e. The number of nitrogens with zero attached hydrogens (tertiary/aromatic N) is 7. The van der Waals surface area contributed by atoms with Gasteiger partial charge < -0.3 is 15.1 Å². The van der Waals surface area contributed by atoms with E-state index in [4.69, 9.17) is 15.2 Å². The lowest BCUT2D eigenvalue weighted by Crippen LogP contribution is -2.35. The summed E-state index contributed by atoms with van der Waals surface area (Å²) < 4.78 is 0. The van der Waals surface area contributed by atoms with E-state index in [0.29, 0.717) is 40.4 Å². The van der Waals surface area contributed by atoms with Crippen LogP contribution >= 0.6 is 0 Å². The molecule has 0 amide bonds. The summed E-state index contributed by atoms with van der Waals surface area (Å²) in [5, 5.41) is 19.1. The molecule has 6 rings (SSSR count). The van der Waals surface area contributed by atoms with Crippen LogP contribution in [0.2, 0.25) is 0 Å². The molecule has 0 radical (unpaired) electrons. The Kier molecular flexibility index (Phi) is 5.47. The molecule has 2 saturated heterocycles. The first-order chi connectivity index (χ1) is 17.1. The Hall–Kier alpha value is -3.74. The van der Waals surface area contributed by atoms with Gasteiger partial charge in [-0.3, -0.25) is 4.79 Å². The fourth-order valence-corrected chi connectivity index (χ4v) is 5.36. The second-order valence-corrected chi connectivity index (χ2v) is 10.1. The number of anilines is 4. The van der Waals surface area contributed by atoms with E-state index in [1.807, 2.05) is 12.1 Å². The van der Waals surface area contributed by atoms with E-state index in [9.17, 15) is 4.79 Å². The lowest BCUT2D eigenvalue weighted by molar-refractivity contribution is 0.383. The largest absolute Gasteiger partial charge is 0.357 e. The number of hydrogen-bond donors (Lipinski definition) is 2. The zero-order chi connectivity index (χ0) is 23.8. The summed E-state index contributed by atoms with van der Waals surface area (Å²) in [4.78, 5) is 31.1. The van der Waals surface area contributed by atoms with Gasteiger partial charge in [0.15, 0.2) is 0 Å². The molecule has 2 aliphatic heterocycles. The number of nitriles is 1. The number of piperidine rings is 2. The van der Waals surface area contributed by atoms with Crippen LogP contribution in [0.4, 0.5) is 23.3 Å². The molecule has 3 aliphatic rings. The standard InChI is InChI=1S/C25H29N9O/c26-10-3-17-4-11-34(12-5-17)24-30-19-16-28-32-23(35)21(19)22(31-24)29-18-1-2-20(27-15-18)33-13-8-25(6-7-25)9-14-33/h1-2,15-17H,3-9,11-14H2,(H,32,35)(H,29,30,31). The third kappa shape index (κ3) is 4.38. The summed E-state index contributed by atoms with van der Waals surface area (Å²) in [5.41, 5.74) is 1.55. The van der Waals surface area contributed by atoms with Gasteiger partial charge in [0, 0.05) is 32.6 Å². The van der Waals surface area contributed by atoms with Crippen LogP contribution in [-0.4, -0.2) is 51.3 Å². The molecule has 0 bridgehead atoms. The van der Waals surface area contributed by atoms with Crippen molar-refractivity contribution in [2.24, 2.45) is 11.3 Å². The zero-order valence-corrected chi connectivity index (χ0v) is 19.7. The van der Waals surface area contributed by atoms with Crippen molar-refractivity contribution in [1.82, 2.24) is 25.1 Å². The van der Waals surface area contributed by atoms with Crippen LogP contribution < -0.4 is 20.7 Å². The Balaban J connectivity index is 1.24. The molecule has 180 valence electrons. The van der Waals surface area contributed by atoms with E-state index in [1.54, 1.807) is 12.4 Å². The molecule has 35 heavy (non-hydrogen) atoms. The fraction of sp³-hybridized carbons (Fsp3) is 0.520. The van der Waals surface area contributed by atoms with E-state index in [0.717, 1.165) is 50.5 Å².